The van der Waals surface area contributed by atoms with Gasteiger partial charge in [0.05, 0.1) is 5.56 Å². The topological polar surface area (TPSA) is 23.8 Å². The van der Waals surface area contributed by atoms with Crippen LogP contribution in [0.3, 0.4) is 0 Å². The number of nitriles is 1. The Bertz CT molecular complexity index is 546. The van der Waals surface area contributed by atoms with Gasteiger partial charge >= 0.3 is 0 Å². The van der Waals surface area contributed by atoms with Gasteiger partial charge in [0.1, 0.15) is 6.07 Å². The summed E-state index contributed by atoms with van der Waals surface area (Å²) in [6.45, 7) is 0. The van der Waals surface area contributed by atoms with Gasteiger partial charge in [-0.1, -0.05) is 30.3 Å². The lowest BCUT2D eigenvalue weighted by Crippen LogP contribution is -1.82. The van der Waals surface area contributed by atoms with Crippen LogP contribution in [0.5, 0.6) is 0 Å². The molecule has 0 aliphatic rings. The van der Waals surface area contributed by atoms with E-state index in [0.717, 1.165) is 15.1 Å². The Labute approximate surface area is 114 Å². The molecule has 0 saturated heterocycles. The molecule has 2 aromatic carbocycles. The van der Waals surface area contributed by atoms with E-state index < -0.39 is 0 Å². The molecule has 0 saturated carbocycles. The SMILES string of the molecule is N#Cc1cc(SCc2ccccc2)ccc1Br. The van der Waals surface area contributed by atoms with E-state index in [9.17, 15) is 0 Å². The molecule has 0 bridgehead atoms. The van der Waals surface area contributed by atoms with Crippen LogP contribution in [-0.2, 0) is 5.75 Å². The first kappa shape index (κ1) is 12.2. The first-order valence-electron chi connectivity index (χ1n) is 5.16. The Morgan fingerprint density at radius 1 is 1.12 bits per heavy atom. The molecule has 3 heteroatoms. The lowest BCUT2D eigenvalue weighted by molar-refractivity contribution is 1.35. The number of hydrogen-bond acceptors (Lipinski definition) is 2. The van der Waals surface area contributed by atoms with Crippen LogP contribution in [0.4, 0.5) is 0 Å². The number of halogens is 1. The molecule has 0 aromatic heterocycles. The molecule has 17 heavy (non-hydrogen) atoms. The molecule has 0 heterocycles. The van der Waals surface area contributed by atoms with Crippen LogP contribution in [0.15, 0.2) is 57.9 Å². The molecule has 0 unspecified atom stereocenters. The Kier molecular flexibility index (Phi) is 4.24. The zero-order valence-corrected chi connectivity index (χ0v) is 11.5. The van der Waals surface area contributed by atoms with Crippen molar-refractivity contribution in [2.45, 2.75) is 10.6 Å². The molecule has 84 valence electrons. The number of benzene rings is 2. The molecule has 0 fully saturated rings. The monoisotopic (exact) mass is 303 g/mol. The van der Waals surface area contributed by atoms with Gasteiger partial charge in [-0.05, 0) is 39.7 Å². The van der Waals surface area contributed by atoms with Crippen LogP contribution in [0, 0.1) is 11.3 Å². The Balaban J connectivity index is 2.08. The second-order valence-electron chi connectivity index (χ2n) is 3.53. The first-order chi connectivity index (χ1) is 8.29. The van der Waals surface area contributed by atoms with Crippen molar-refractivity contribution in [1.82, 2.24) is 0 Å². The normalized spacial score (nSPS) is 9.88. The van der Waals surface area contributed by atoms with E-state index in [-0.39, 0.29) is 0 Å². The molecule has 0 amide bonds. The summed E-state index contributed by atoms with van der Waals surface area (Å²) in [5.74, 6) is 0.924. The van der Waals surface area contributed by atoms with E-state index in [4.69, 9.17) is 5.26 Å². The van der Waals surface area contributed by atoms with Crippen molar-refractivity contribution in [1.29, 1.82) is 5.26 Å². The predicted molar refractivity (Wildman–Crippen MR) is 74.9 cm³/mol. The quantitative estimate of drug-likeness (QED) is 0.773. The second kappa shape index (κ2) is 5.90. The van der Waals surface area contributed by atoms with Gasteiger partial charge in [0, 0.05) is 15.1 Å². The van der Waals surface area contributed by atoms with E-state index in [0.29, 0.717) is 5.56 Å². The molecule has 2 aromatic rings. The van der Waals surface area contributed by atoms with Gasteiger partial charge in [-0.25, -0.2) is 0 Å². The molecule has 2 rings (SSSR count). The van der Waals surface area contributed by atoms with Crippen molar-refractivity contribution in [3.05, 3.63) is 64.1 Å². The fraction of sp³-hybridized carbons (Fsp3) is 0.0714. The maximum Gasteiger partial charge on any atom is 0.100 e. The summed E-state index contributed by atoms with van der Waals surface area (Å²) in [5.41, 5.74) is 1.97. The van der Waals surface area contributed by atoms with Crippen molar-refractivity contribution in [2.24, 2.45) is 0 Å². The van der Waals surface area contributed by atoms with Crippen LogP contribution >= 0.6 is 27.7 Å². The average molecular weight is 304 g/mol. The largest absolute Gasteiger partial charge is 0.192 e. The summed E-state index contributed by atoms with van der Waals surface area (Å²) in [5, 5.41) is 8.94. The minimum Gasteiger partial charge on any atom is -0.192 e. The number of nitrogens with zero attached hydrogens (tertiary/aromatic N) is 1. The smallest absolute Gasteiger partial charge is 0.100 e. The van der Waals surface area contributed by atoms with Gasteiger partial charge < -0.3 is 0 Å². The van der Waals surface area contributed by atoms with E-state index in [2.05, 4.69) is 34.1 Å². The summed E-state index contributed by atoms with van der Waals surface area (Å²) in [6, 6.07) is 18.3. The maximum atomic E-state index is 8.94. The minimum absolute atomic E-state index is 0.683. The average Bonchev–Trinajstić information content (AvgIpc) is 2.39. The second-order valence-corrected chi connectivity index (χ2v) is 5.43. The van der Waals surface area contributed by atoms with Gasteiger partial charge in [-0.15, -0.1) is 11.8 Å². The molecular formula is C14H10BrNS. The van der Waals surface area contributed by atoms with Gasteiger partial charge in [-0.2, -0.15) is 5.26 Å². The standard InChI is InChI=1S/C14H10BrNS/c15-14-7-6-13(8-12(14)9-16)17-10-11-4-2-1-3-5-11/h1-8H,10H2. The lowest BCUT2D eigenvalue weighted by Gasteiger charge is -2.03. The Hall–Kier alpha value is -1.24. The van der Waals surface area contributed by atoms with Crippen molar-refractivity contribution in [3.8, 4) is 6.07 Å². The molecule has 0 atom stereocenters. The molecule has 0 radical (unpaired) electrons. The Morgan fingerprint density at radius 2 is 1.88 bits per heavy atom. The van der Waals surface area contributed by atoms with E-state index in [1.54, 1.807) is 11.8 Å². The van der Waals surface area contributed by atoms with E-state index in [1.165, 1.54) is 5.56 Å². The number of thioether (sulfide) groups is 1. The molecule has 0 spiro atoms. The molecule has 0 aliphatic carbocycles. The number of rotatable bonds is 3. The van der Waals surface area contributed by atoms with E-state index in [1.807, 2.05) is 36.4 Å². The zero-order chi connectivity index (χ0) is 12.1. The van der Waals surface area contributed by atoms with Gasteiger partial charge in [0.2, 0.25) is 0 Å². The fourth-order valence-corrected chi connectivity index (χ4v) is 2.65. The zero-order valence-electron chi connectivity index (χ0n) is 9.06. The predicted octanol–water partition coefficient (Wildman–Crippen LogP) is 4.61. The highest BCUT2D eigenvalue weighted by Gasteiger charge is 2.01. The summed E-state index contributed by atoms with van der Waals surface area (Å²) >= 11 is 5.09. The Morgan fingerprint density at radius 3 is 2.59 bits per heavy atom. The summed E-state index contributed by atoms with van der Waals surface area (Å²) in [6.07, 6.45) is 0. The molecular weight excluding hydrogens is 294 g/mol. The van der Waals surface area contributed by atoms with E-state index >= 15 is 0 Å². The van der Waals surface area contributed by atoms with Crippen molar-refractivity contribution < 1.29 is 0 Å². The van der Waals surface area contributed by atoms with Crippen molar-refractivity contribution >= 4 is 27.7 Å². The third-order valence-corrected chi connectivity index (χ3v) is 4.06. The first-order valence-corrected chi connectivity index (χ1v) is 6.94. The summed E-state index contributed by atoms with van der Waals surface area (Å²) in [7, 11) is 0. The molecule has 0 aliphatic heterocycles. The highest BCUT2D eigenvalue weighted by Crippen LogP contribution is 2.26. The van der Waals surface area contributed by atoms with Gasteiger partial charge in [0.15, 0.2) is 0 Å². The molecule has 1 nitrogen and oxygen atoms in total. The van der Waals surface area contributed by atoms with Crippen molar-refractivity contribution in [2.75, 3.05) is 0 Å². The molecule has 0 N–H and O–H groups in total. The summed E-state index contributed by atoms with van der Waals surface area (Å²) < 4.78 is 0.851. The van der Waals surface area contributed by atoms with Crippen LogP contribution in [0.2, 0.25) is 0 Å². The number of hydrogen-bond donors (Lipinski definition) is 0. The third-order valence-electron chi connectivity index (χ3n) is 2.31. The third kappa shape index (κ3) is 3.36. The van der Waals surface area contributed by atoms with Crippen molar-refractivity contribution in [3.63, 3.8) is 0 Å². The van der Waals surface area contributed by atoms with Gasteiger partial charge in [0.25, 0.3) is 0 Å². The van der Waals surface area contributed by atoms with Gasteiger partial charge in [-0.3, -0.25) is 0 Å². The van der Waals surface area contributed by atoms with Crippen LogP contribution in [0.25, 0.3) is 0 Å². The fourth-order valence-electron chi connectivity index (χ4n) is 1.42. The minimum atomic E-state index is 0.683. The summed E-state index contributed by atoms with van der Waals surface area (Å²) in [4.78, 5) is 1.12. The lowest BCUT2D eigenvalue weighted by atomic mass is 10.2. The van der Waals surface area contributed by atoms with Crippen LogP contribution < -0.4 is 0 Å². The van der Waals surface area contributed by atoms with Crippen LogP contribution in [-0.4, -0.2) is 0 Å². The van der Waals surface area contributed by atoms with Crippen LogP contribution in [0.1, 0.15) is 11.1 Å². The maximum absolute atomic E-state index is 8.94. The highest BCUT2D eigenvalue weighted by molar-refractivity contribution is 9.10. The highest BCUT2D eigenvalue weighted by atomic mass is 79.9.